The van der Waals surface area contributed by atoms with Gasteiger partial charge < -0.3 is 5.73 Å². The van der Waals surface area contributed by atoms with Gasteiger partial charge in [-0.25, -0.2) is 0 Å². The van der Waals surface area contributed by atoms with Crippen LogP contribution in [0.25, 0.3) is 20.7 Å². The highest BCUT2D eigenvalue weighted by Crippen LogP contribution is 2.37. The molecule has 0 saturated heterocycles. The molecule has 0 aliphatic rings. The summed E-state index contributed by atoms with van der Waals surface area (Å²) in [5.74, 6) is 0.385. The predicted octanol–water partition coefficient (Wildman–Crippen LogP) is 3.90. The van der Waals surface area contributed by atoms with Crippen LogP contribution in [0.15, 0.2) is 30.3 Å². The van der Waals surface area contributed by atoms with E-state index < -0.39 is 11.7 Å². The number of hydrogen-bond donors (Lipinski definition) is 1. The van der Waals surface area contributed by atoms with E-state index in [0.29, 0.717) is 10.5 Å². The van der Waals surface area contributed by atoms with Gasteiger partial charge in [0, 0.05) is 17.8 Å². The Balaban J connectivity index is 2.14. The Morgan fingerprint density at radius 2 is 1.95 bits per heavy atom. The van der Waals surface area contributed by atoms with E-state index in [4.69, 9.17) is 5.73 Å². The van der Waals surface area contributed by atoms with E-state index in [2.05, 4.69) is 5.10 Å². The van der Waals surface area contributed by atoms with Gasteiger partial charge in [-0.1, -0.05) is 6.07 Å². The first-order valence-electron chi connectivity index (χ1n) is 5.75. The first-order chi connectivity index (χ1) is 9.34. The summed E-state index contributed by atoms with van der Waals surface area (Å²) in [5, 5.41) is 4.81. The van der Waals surface area contributed by atoms with Gasteiger partial charge in [-0.3, -0.25) is 4.68 Å². The first kappa shape index (κ1) is 13.0. The number of aryl methyl sites for hydroxylation is 1. The lowest BCUT2D eigenvalue weighted by atomic mass is 10.1. The van der Waals surface area contributed by atoms with Gasteiger partial charge in [0.1, 0.15) is 5.82 Å². The SMILES string of the molecule is Cn1nc(N)cc1-c1cc2ccc(C(F)(F)F)cc2s1. The number of alkyl halides is 3. The molecule has 3 rings (SSSR count). The second kappa shape index (κ2) is 4.24. The molecule has 2 heterocycles. The molecule has 0 radical (unpaired) electrons. The number of nitrogen functional groups attached to an aromatic ring is 1. The average molecular weight is 297 g/mol. The molecule has 0 saturated carbocycles. The second-order valence-corrected chi connectivity index (χ2v) is 5.52. The molecule has 3 nitrogen and oxygen atoms in total. The van der Waals surface area contributed by atoms with Gasteiger partial charge in [0.05, 0.1) is 16.1 Å². The van der Waals surface area contributed by atoms with E-state index in [1.165, 1.54) is 23.5 Å². The number of anilines is 1. The molecular weight excluding hydrogens is 287 g/mol. The zero-order valence-corrected chi connectivity index (χ0v) is 11.2. The zero-order valence-electron chi connectivity index (χ0n) is 10.4. The van der Waals surface area contributed by atoms with Crippen molar-refractivity contribution in [2.45, 2.75) is 6.18 Å². The first-order valence-corrected chi connectivity index (χ1v) is 6.57. The largest absolute Gasteiger partial charge is 0.416 e. The molecule has 0 unspecified atom stereocenters. The molecule has 7 heteroatoms. The maximum Gasteiger partial charge on any atom is 0.416 e. The van der Waals surface area contributed by atoms with Gasteiger partial charge in [-0.15, -0.1) is 11.3 Å². The van der Waals surface area contributed by atoms with Crippen molar-refractivity contribution in [1.29, 1.82) is 0 Å². The monoisotopic (exact) mass is 297 g/mol. The van der Waals surface area contributed by atoms with Crippen LogP contribution in [-0.2, 0) is 13.2 Å². The fraction of sp³-hybridized carbons (Fsp3) is 0.154. The van der Waals surface area contributed by atoms with Crippen LogP contribution in [0, 0.1) is 0 Å². The van der Waals surface area contributed by atoms with E-state index in [9.17, 15) is 13.2 Å². The van der Waals surface area contributed by atoms with Gasteiger partial charge in [0.2, 0.25) is 0 Å². The summed E-state index contributed by atoms with van der Waals surface area (Å²) in [6, 6.07) is 7.30. The quantitative estimate of drug-likeness (QED) is 0.740. The topological polar surface area (TPSA) is 43.8 Å². The Hall–Kier alpha value is -2.02. The van der Waals surface area contributed by atoms with Crippen LogP contribution < -0.4 is 5.73 Å². The summed E-state index contributed by atoms with van der Waals surface area (Å²) < 4.78 is 40.3. The smallest absolute Gasteiger partial charge is 0.382 e. The molecule has 0 fully saturated rings. The lowest BCUT2D eigenvalue weighted by Gasteiger charge is -2.05. The minimum absolute atomic E-state index is 0.385. The van der Waals surface area contributed by atoms with E-state index in [-0.39, 0.29) is 0 Å². The molecule has 0 amide bonds. The Morgan fingerprint density at radius 1 is 1.20 bits per heavy atom. The maximum atomic E-state index is 12.7. The molecule has 1 aromatic carbocycles. The summed E-state index contributed by atoms with van der Waals surface area (Å²) in [4.78, 5) is 0.839. The maximum absolute atomic E-state index is 12.7. The lowest BCUT2D eigenvalue weighted by molar-refractivity contribution is -0.137. The molecule has 0 aliphatic heterocycles. The summed E-state index contributed by atoms with van der Waals surface area (Å²) in [6.07, 6.45) is -4.32. The zero-order chi connectivity index (χ0) is 14.5. The highest BCUT2D eigenvalue weighted by atomic mass is 32.1. The standard InChI is InChI=1S/C13H10F3N3S/c1-19-9(6-12(17)18-19)11-4-7-2-3-8(13(14,15)16)5-10(7)20-11/h2-6H,1H3,(H2,17,18). The Labute approximate surface area is 116 Å². The van der Waals surface area contributed by atoms with Crippen LogP contribution in [0.4, 0.5) is 19.0 Å². The van der Waals surface area contributed by atoms with Crippen molar-refractivity contribution in [1.82, 2.24) is 9.78 Å². The van der Waals surface area contributed by atoms with Crippen molar-refractivity contribution in [3.05, 3.63) is 35.9 Å². The molecule has 0 aliphatic carbocycles. The van der Waals surface area contributed by atoms with Crippen LogP contribution in [0.5, 0.6) is 0 Å². The van der Waals surface area contributed by atoms with Gasteiger partial charge in [0.15, 0.2) is 0 Å². The molecule has 2 aromatic heterocycles. The van der Waals surface area contributed by atoms with Crippen molar-refractivity contribution < 1.29 is 13.2 Å². The van der Waals surface area contributed by atoms with Gasteiger partial charge in [0.25, 0.3) is 0 Å². The van der Waals surface area contributed by atoms with Gasteiger partial charge in [-0.2, -0.15) is 18.3 Å². The van der Waals surface area contributed by atoms with Crippen LogP contribution >= 0.6 is 11.3 Å². The highest BCUT2D eigenvalue weighted by Gasteiger charge is 2.30. The van der Waals surface area contributed by atoms with E-state index in [1.54, 1.807) is 17.8 Å². The minimum atomic E-state index is -4.32. The van der Waals surface area contributed by atoms with Crippen LogP contribution in [0.1, 0.15) is 5.56 Å². The van der Waals surface area contributed by atoms with E-state index in [1.807, 2.05) is 6.07 Å². The van der Waals surface area contributed by atoms with Crippen molar-refractivity contribution >= 4 is 27.2 Å². The molecule has 104 valence electrons. The number of nitrogens with two attached hydrogens (primary N) is 1. The van der Waals surface area contributed by atoms with Crippen molar-refractivity contribution in [3.8, 4) is 10.6 Å². The number of nitrogens with zero attached hydrogens (tertiary/aromatic N) is 2. The number of aromatic nitrogens is 2. The second-order valence-electron chi connectivity index (χ2n) is 4.44. The normalized spacial score (nSPS) is 12.2. The van der Waals surface area contributed by atoms with Gasteiger partial charge in [-0.05, 0) is 23.6 Å². The summed E-state index contributed by atoms with van der Waals surface area (Å²) >= 11 is 1.29. The third-order valence-electron chi connectivity index (χ3n) is 3.00. The number of halogens is 3. The van der Waals surface area contributed by atoms with E-state index >= 15 is 0 Å². The van der Waals surface area contributed by atoms with Crippen LogP contribution in [0.3, 0.4) is 0 Å². The van der Waals surface area contributed by atoms with Crippen molar-refractivity contribution in [2.24, 2.45) is 7.05 Å². The third-order valence-corrected chi connectivity index (χ3v) is 4.12. The fourth-order valence-corrected chi connectivity index (χ4v) is 3.20. The molecule has 20 heavy (non-hydrogen) atoms. The number of rotatable bonds is 1. The average Bonchev–Trinajstić information content (AvgIpc) is 2.89. The summed E-state index contributed by atoms with van der Waals surface area (Å²) in [6.45, 7) is 0. The van der Waals surface area contributed by atoms with Crippen LogP contribution in [0.2, 0.25) is 0 Å². The highest BCUT2D eigenvalue weighted by molar-refractivity contribution is 7.22. The number of hydrogen-bond acceptors (Lipinski definition) is 3. The van der Waals surface area contributed by atoms with E-state index in [0.717, 1.165) is 22.0 Å². The number of fused-ring (bicyclic) bond motifs is 1. The lowest BCUT2D eigenvalue weighted by Crippen LogP contribution is -2.03. The molecule has 0 spiro atoms. The van der Waals surface area contributed by atoms with Crippen molar-refractivity contribution in [3.63, 3.8) is 0 Å². The predicted molar refractivity (Wildman–Crippen MR) is 73.4 cm³/mol. The molecule has 0 bridgehead atoms. The molecular formula is C13H10F3N3S. The summed E-state index contributed by atoms with van der Waals surface area (Å²) in [5.41, 5.74) is 5.77. The van der Waals surface area contributed by atoms with Crippen molar-refractivity contribution in [2.75, 3.05) is 5.73 Å². The Bertz CT molecular complexity index is 786. The molecule has 3 aromatic rings. The Kier molecular flexibility index (Phi) is 2.75. The molecule has 0 atom stereocenters. The number of benzene rings is 1. The minimum Gasteiger partial charge on any atom is -0.382 e. The van der Waals surface area contributed by atoms with Crippen LogP contribution in [-0.4, -0.2) is 9.78 Å². The van der Waals surface area contributed by atoms with Gasteiger partial charge >= 0.3 is 6.18 Å². The Morgan fingerprint density at radius 3 is 2.55 bits per heavy atom. The summed E-state index contributed by atoms with van der Waals surface area (Å²) in [7, 11) is 1.75. The number of thiophene rings is 1. The fourth-order valence-electron chi connectivity index (χ4n) is 2.05. The molecule has 2 N–H and O–H groups in total. The third kappa shape index (κ3) is 2.14.